The molecule has 1 unspecified atom stereocenters. The summed E-state index contributed by atoms with van der Waals surface area (Å²) in [6.07, 6.45) is 0. The lowest BCUT2D eigenvalue weighted by molar-refractivity contribution is 0.469. The third-order valence-electron chi connectivity index (χ3n) is 0.398. The first-order valence-electron chi connectivity index (χ1n) is 1.58. The smallest absolute Gasteiger partial charge is 0.0823 e. The molecule has 0 fully saturated rings. The summed E-state index contributed by atoms with van der Waals surface area (Å²) in [4.78, 5) is 0. The SMILES string of the molecule is C[Si]C(C)F. The van der Waals surface area contributed by atoms with Crippen LogP contribution in [-0.2, 0) is 0 Å². The highest BCUT2D eigenvalue weighted by molar-refractivity contribution is 6.34. The predicted octanol–water partition coefficient (Wildman–Crippen LogP) is 1.05. The molecule has 30 valence electrons. The first-order valence-corrected chi connectivity index (χ1v) is 3.16. The van der Waals surface area contributed by atoms with E-state index in [2.05, 4.69) is 0 Å². The molecule has 2 heteroatoms. The van der Waals surface area contributed by atoms with E-state index < -0.39 is 5.79 Å². The maximum atomic E-state index is 11.4. The summed E-state index contributed by atoms with van der Waals surface area (Å²) < 4.78 is 11.4. The van der Waals surface area contributed by atoms with Gasteiger partial charge in [-0.05, 0) is 6.92 Å². The van der Waals surface area contributed by atoms with Gasteiger partial charge in [-0.2, -0.15) is 0 Å². The van der Waals surface area contributed by atoms with Gasteiger partial charge in [-0.15, -0.1) is 0 Å². The van der Waals surface area contributed by atoms with E-state index in [1.807, 2.05) is 6.55 Å². The number of rotatable bonds is 1. The average Bonchev–Trinajstić information content (AvgIpc) is 1.38. The van der Waals surface area contributed by atoms with Crippen molar-refractivity contribution < 1.29 is 4.39 Å². The van der Waals surface area contributed by atoms with E-state index in [4.69, 9.17) is 0 Å². The Morgan fingerprint density at radius 1 is 1.80 bits per heavy atom. The summed E-state index contributed by atoms with van der Waals surface area (Å²) in [5.74, 6) is -0.588. The Bertz CT molecular complexity index is 20.9. The van der Waals surface area contributed by atoms with Gasteiger partial charge in [0.25, 0.3) is 0 Å². The number of hydrogen-bond acceptors (Lipinski definition) is 0. The van der Waals surface area contributed by atoms with E-state index >= 15 is 0 Å². The van der Waals surface area contributed by atoms with Crippen LogP contribution in [0.1, 0.15) is 6.92 Å². The van der Waals surface area contributed by atoms with E-state index in [1.165, 1.54) is 0 Å². The van der Waals surface area contributed by atoms with Crippen LogP contribution in [-0.4, -0.2) is 15.3 Å². The Kier molecular flexibility index (Phi) is 2.46. The standard InChI is InChI=1S/C3H7FSi/c1-3(4)5-2/h3H,1-2H3. The molecule has 0 aliphatic rings. The highest BCUT2D eigenvalue weighted by atomic mass is 28.2. The Labute approximate surface area is 34.2 Å². The summed E-state index contributed by atoms with van der Waals surface area (Å²) in [6, 6.07) is 0. The summed E-state index contributed by atoms with van der Waals surface area (Å²) in [5.41, 5.74) is 0. The molecular formula is C3H7FSi. The lowest BCUT2D eigenvalue weighted by Crippen LogP contribution is -1.97. The van der Waals surface area contributed by atoms with Crippen molar-refractivity contribution in [2.75, 3.05) is 0 Å². The van der Waals surface area contributed by atoms with Crippen LogP contribution in [0, 0.1) is 0 Å². The van der Waals surface area contributed by atoms with Gasteiger partial charge in [-0.25, -0.2) is 0 Å². The van der Waals surface area contributed by atoms with Crippen LogP contribution in [0.4, 0.5) is 4.39 Å². The predicted molar refractivity (Wildman–Crippen MR) is 22.2 cm³/mol. The van der Waals surface area contributed by atoms with Gasteiger partial charge in [0.2, 0.25) is 0 Å². The Hall–Kier alpha value is 0.147. The zero-order chi connectivity index (χ0) is 4.28. The van der Waals surface area contributed by atoms with Gasteiger partial charge in [0.15, 0.2) is 0 Å². The highest BCUT2D eigenvalue weighted by Crippen LogP contribution is 1.79. The molecule has 0 aliphatic heterocycles. The summed E-state index contributed by atoms with van der Waals surface area (Å²) in [6.45, 7) is 3.42. The van der Waals surface area contributed by atoms with Crippen molar-refractivity contribution in [3.05, 3.63) is 0 Å². The summed E-state index contributed by atoms with van der Waals surface area (Å²) in [5, 5.41) is 0. The zero-order valence-electron chi connectivity index (χ0n) is 3.46. The largest absolute Gasteiger partial charge is 0.252 e. The minimum absolute atomic E-state index is 0.448. The number of halogens is 1. The minimum atomic E-state index is -0.588. The van der Waals surface area contributed by atoms with Crippen LogP contribution in [0.2, 0.25) is 6.55 Å². The molecule has 1 atom stereocenters. The number of alkyl halides is 1. The van der Waals surface area contributed by atoms with Crippen LogP contribution < -0.4 is 0 Å². The Morgan fingerprint density at radius 2 is 2.00 bits per heavy atom. The van der Waals surface area contributed by atoms with E-state index in [1.54, 1.807) is 6.92 Å². The van der Waals surface area contributed by atoms with Crippen molar-refractivity contribution in [3.8, 4) is 0 Å². The van der Waals surface area contributed by atoms with Gasteiger partial charge < -0.3 is 0 Å². The monoisotopic (exact) mass is 90.0 g/mol. The maximum Gasteiger partial charge on any atom is 0.0823 e. The van der Waals surface area contributed by atoms with Gasteiger partial charge in [0, 0.05) is 0 Å². The normalized spacial score (nSPS) is 15.0. The fourth-order valence-corrected chi connectivity index (χ4v) is 0. The molecule has 2 radical (unpaired) electrons. The van der Waals surface area contributed by atoms with Crippen molar-refractivity contribution in [1.29, 1.82) is 0 Å². The van der Waals surface area contributed by atoms with Crippen molar-refractivity contribution in [1.82, 2.24) is 0 Å². The third kappa shape index (κ3) is 4.15. The second-order valence-corrected chi connectivity index (χ2v) is 2.28. The molecule has 0 aromatic rings. The number of hydrogen-bond donors (Lipinski definition) is 0. The molecule has 0 heterocycles. The van der Waals surface area contributed by atoms with Crippen LogP contribution in [0.3, 0.4) is 0 Å². The van der Waals surface area contributed by atoms with Gasteiger partial charge in [0.05, 0.1) is 15.3 Å². The van der Waals surface area contributed by atoms with Crippen molar-refractivity contribution in [2.45, 2.75) is 19.3 Å². The van der Waals surface area contributed by atoms with Gasteiger partial charge >= 0.3 is 0 Å². The Morgan fingerprint density at radius 3 is 2.00 bits per heavy atom. The molecule has 0 rings (SSSR count). The molecule has 0 aromatic carbocycles. The van der Waals surface area contributed by atoms with Crippen molar-refractivity contribution >= 4 is 9.52 Å². The first-order chi connectivity index (χ1) is 2.27. The molecule has 0 amide bonds. The minimum Gasteiger partial charge on any atom is -0.252 e. The first kappa shape index (κ1) is 5.15. The van der Waals surface area contributed by atoms with Crippen LogP contribution in [0.15, 0.2) is 0 Å². The molecule has 0 bridgehead atoms. The lowest BCUT2D eigenvalue weighted by Gasteiger charge is -1.84. The zero-order valence-corrected chi connectivity index (χ0v) is 4.46. The molecule has 0 spiro atoms. The Balaban J connectivity index is 2.54. The molecular weight excluding hydrogens is 83.1 g/mol. The van der Waals surface area contributed by atoms with Crippen LogP contribution in [0.25, 0.3) is 0 Å². The fraction of sp³-hybridized carbons (Fsp3) is 1.00. The van der Waals surface area contributed by atoms with E-state index in [0.717, 1.165) is 0 Å². The molecule has 0 N–H and O–H groups in total. The highest BCUT2D eigenvalue weighted by Gasteiger charge is 1.87. The van der Waals surface area contributed by atoms with Gasteiger partial charge in [-0.3, -0.25) is 4.39 Å². The molecule has 0 nitrogen and oxygen atoms in total. The van der Waals surface area contributed by atoms with E-state index in [9.17, 15) is 4.39 Å². The van der Waals surface area contributed by atoms with Crippen molar-refractivity contribution in [2.24, 2.45) is 0 Å². The summed E-state index contributed by atoms with van der Waals surface area (Å²) in [7, 11) is 0.448. The second-order valence-electron chi connectivity index (χ2n) is 0.905. The van der Waals surface area contributed by atoms with E-state index in [-0.39, 0.29) is 0 Å². The van der Waals surface area contributed by atoms with E-state index in [0.29, 0.717) is 9.52 Å². The molecule has 0 saturated heterocycles. The third-order valence-corrected chi connectivity index (χ3v) is 1.19. The quantitative estimate of drug-likeness (QED) is 0.422. The molecule has 0 aromatic heterocycles. The van der Waals surface area contributed by atoms with Gasteiger partial charge in [0.1, 0.15) is 0 Å². The van der Waals surface area contributed by atoms with Crippen LogP contribution >= 0.6 is 0 Å². The van der Waals surface area contributed by atoms with Crippen molar-refractivity contribution in [3.63, 3.8) is 0 Å². The fourth-order valence-electron chi connectivity index (χ4n) is 0. The topological polar surface area (TPSA) is 0 Å². The molecule has 5 heavy (non-hydrogen) atoms. The maximum absolute atomic E-state index is 11.4. The lowest BCUT2D eigenvalue weighted by atomic mass is 10.9. The molecule has 0 aliphatic carbocycles. The second kappa shape index (κ2) is 2.39. The van der Waals surface area contributed by atoms with Crippen LogP contribution in [0.5, 0.6) is 0 Å². The van der Waals surface area contributed by atoms with Gasteiger partial charge in [-0.1, -0.05) is 6.55 Å². The summed E-state index contributed by atoms with van der Waals surface area (Å²) >= 11 is 0. The molecule has 0 saturated carbocycles. The average molecular weight is 90.2 g/mol.